The Hall–Kier alpha value is -3.29. The van der Waals surface area contributed by atoms with Crippen molar-refractivity contribution in [3.63, 3.8) is 0 Å². The Bertz CT molecular complexity index is 794. The molecule has 1 N–H and O–H groups in total. The van der Waals surface area contributed by atoms with Crippen LogP contribution >= 0.6 is 0 Å². The number of nitrogens with one attached hydrogen (secondary N) is 1. The Kier molecular flexibility index (Phi) is 7.42. The van der Waals surface area contributed by atoms with E-state index in [-0.39, 0.29) is 24.7 Å². The van der Waals surface area contributed by atoms with Gasteiger partial charge in [-0.25, -0.2) is 0 Å². The SMILES string of the molecule is COc1ccc(OC)c(COC(=O)CCCNc2ccccc2[N+](=O)[O-])c1. The molecule has 0 aliphatic carbocycles. The van der Waals surface area contributed by atoms with Crippen LogP contribution in [0.2, 0.25) is 0 Å². The summed E-state index contributed by atoms with van der Waals surface area (Å²) < 4.78 is 15.7. The monoisotopic (exact) mass is 374 g/mol. The van der Waals surface area contributed by atoms with Crippen LogP contribution in [0, 0.1) is 10.1 Å². The van der Waals surface area contributed by atoms with Gasteiger partial charge in [0.15, 0.2) is 0 Å². The number of anilines is 1. The van der Waals surface area contributed by atoms with Crippen LogP contribution in [0.25, 0.3) is 0 Å². The zero-order valence-electron chi connectivity index (χ0n) is 15.3. The summed E-state index contributed by atoms with van der Waals surface area (Å²) in [6, 6.07) is 11.6. The number of rotatable bonds is 10. The third-order valence-corrected chi connectivity index (χ3v) is 3.85. The number of carbonyl (C=O) groups is 1. The number of methoxy groups -OCH3 is 2. The van der Waals surface area contributed by atoms with E-state index in [4.69, 9.17) is 14.2 Å². The second-order valence-electron chi connectivity index (χ2n) is 5.64. The van der Waals surface area contributed by atoms with Gasteiger partial charge < -0.3 is 19.5 Å². The maximum Gasteiger partial charge on any atom is 0.306 e. The summed E-state index contributed by atoms with van der Waals surface area (Å²) >= 11 is 0. The van der Waals surface area contributed by atoms with Crippen molar-refractivity contribution in [2.45, 2.75) is 19.4 Å². The summed E-state index contributed by atoms with van der Waals surface area (Å²) in [5.41, 5.74) is 1.14. The first-order valence-corrected chi connectivity index (χ1v) is 8.39. The molecular formula is C19H22N2O6. The number of para-hydroxylation sites is 2. The molecule has 0 bridgehead atoms. The van der Waals surface area contributed by atoms with E-state index in [1.807, 2.05) is 0 Å². The predicted octanol–water partition coefficient (Wildman–Crippen LogP) is 3.55. The van der Waals surface area contributed by atoms with Crippen molar-refractivity contribution in [3.8, 4) is 11.5 Å². The molecule has 0 aliphatic heterocycles. The maximum atomic E-state index is 11.9. The quantitative estimate of drug-likeness (QED) is 0.294. The van der Waals surface area contributed by atoms with E-state index < -0.39 is 4.92 Å². The second kappa shape index (κ2) is 10.0. The summed E-state index contributed by atoms with van der Waals surface area (Å²) in [4.78, 5) is 22.4. The molecule has 0 heterocycles. The van der Waals surface area contributed by atoms with Gasteiger partial charge in [-0.2, -0.15) is 0 Å². The zero-order chi connectivity index (χ0) is 19.6. The minimum atomic E-state index is -0.446. The minimum Gasteiger partial charge on any atom is -0.497 e. The number of nitrogens with zero attached hydrogens (tertiary/aromatic N) is 1. The lowest BCUT2D eigenvalue weighted by Gasteiger charge is -2.11. The van der Waals surface area contributed by atoms with Gasteiger partial charge in [0.2, 0.25) is 0 Å². The molecule has 0 aliphatic rings. The van der Waals surface area contributed by atoms with Gasteiger partial charge in [0.05, 0.1) is 19.1 Å². The first kappa shape index (κ1) is 20.0. The first-order chi connectivity index (χ1) is 13.0. The molecule has 0 unspecified atom stereocenters. The third-order valence-electron chi connectivity index (χ3n) is 3.85. The van der Waals surface area contributed by atoms with Gasteiger partial charge in [0, 0.05) is 24.6 Å². The molecule has 144 valence electrons. The van der Waals surface area contributed by atoms with Crippen LogP contribution in [0.4, 0.5) is 11.4 Å². The maximum absolute atomic E-state index is 11.9. The molecule has 0 fully saturated rings. The number of hydrogen-bond donors (Lipinski definition) is 1. The fourth-order valence-corrected chi connectivity index (χ4v) is 2.46. The molecule has 0 spiro atoms. The lowest BCUT2D eigenvalue weighted by atomic mass is 10.2. The normalized spacial score (nSPS) is 10.1. The van der Waals surface area contributed by atoms with Gasteiger partial charge in [-0.15, -0.1) is 0 Å². The number of esters is 1. The molecule has 0 radical (unpaired) electrons. The Labute approximate surface area is 157 Å². The molecule has 2 aromatic rings. The number of hydrogen-bond acceptors (Lipinski definition) is 7. The third kappa shape index (κ3) is 5.88. The van der Waals surface area contributed by atoms with E-state index in [9.17, 15) is 14.9 Å². The van der Waals surface area contributed by atoms with Crippen LogP contribution < -0.4 is 14.8 Å². The molecule has 27 heavy (non-hydrogen) atoms. The largest absolute Gasteiger partial charge is 0.497 e. The molecule has 8 nitrogen and oxygen atoms in total. The molecule has 0 saturated heterocycles. The topological polar surface area (TPSA) is 99.9 Å². The van der Waals surface area contributed by atoms with E-state index in [2.05, 4.69) is 5.32 Å². The van der Waals surface area contributed by atoms with Crippen LogP contribution in [0.1, 0.15) is 18.4 Å². The molecule has 0 saturated carbocycles. The smallest absolute Gasteiger partial charge is 0.306 e. The van der Waals surface area contributed by atoms with Gasteiger partial charge >= 0.3 is 5.97 Å². The fraction of sp³-hybridized carbons (Fsp3) is 0.316. The average molecular weight is 374 g/mol. The molecule has 0 aromatic heterocycles. The van der Waals surface area contributed by atoms with Crippen molar-refractivity contribution in [1.29, 1.82) is 0 Å². The summed E-state index contributed by atoms with van der Waals surface area (Å²) in [5, 5.41) is 13.9. The van der Waals surface area contributed by atoms with Crippen molar-refractivity contribution in [3.05, 3.63) is 58.1 Å². The van der Waals surface area contributed by atoms with E-state index in [1.165, 1.54) is 6.07 Å². The Morgan fingerprint density at radius 1 is 1.15 bits per heavy atom. The van der Waals surface area contributed by atoms with E-state index >= 15 is 0 Å². The number of ether oxygens (including phenoxy) is 3. The van der Waals surface area contributed by atoms with Crippen LogP contribution in [0.3, 0.4) is 0 Å². The second-order valence-corrected chi connectivity index (χ2v) is 5.64. The number of carbonyl (C=O) groups excluding carboxylic acids is 1. The van der Waals surface area contributed by atoms with Crippen LogP contribution in [-0.4, -0.2) is 31.7 Å². The van der Waals surface area contributed by atoms with E-state index in [1.54, 1.807) is 50.6 Å². The highest BCUT2D eigenvalue weighted by molar-refractivity contribution is 5.69. The number of nitro groups is 1. The summed E-state index contributed by atoms with van der Waals surface area (Å²) in [6.07, 6.45) is 0.681. The lowest BCUT2D eigenvalue weighted by molar-refractivity contribution is -0.384. The van der Waals surface area contributed by atoms with E-state index in [0.717, 1.165) is 0 Å². The zero-order valence-corrected chi connectivity index (χ0v) is 15.3. The summed E-state index contributed by atoms with van der Waals surface area (Å²) in [5.74, 6) is 0.904. The van der Waals surface area contributed by atoms with Crippen molar-refractivity contribution < 1.29 is 23.9 Å². The molecule has 0 amide bonds. The van der Waals surface area contributed by atoms with Crippen molar-refractivity contribution >= 4 is 17.3 Å². The predicted molar refractivity (Wildman–Crippen MR) is 100 cm³/mol. The van der Waals surface area contributed by atoms with Gasteiger partial charge in [-0.05, 0) is 30.7 Å². The average Bonchev–Trinajstić information content (AvgIpc) is 2.69. The molecule has 2 aromatic carbocycles. The van der Waals surface area contributed by atoms with Gasteiger partial charge in [0.25, 0.3) is 5.69 Å². The molecule has 0 atom stereocenters. The van der Waals surface area contributed by atoms with Crippen LogP contribution in [-0.2, 0) is 16.1 Å². The Morgan fingerprint density at radius 3 is 2.63 bits per heavy atom. The first-order valence-electron chi connectivity index (χ1n) is 8.39. The van der Waals surface area contributed by atoms with Crippen molar-refractivity contribution in [1.82, 2.24) is 0 Å². The van der Waals surface area contributed by atoms with Gasteiger partial charge in [0.1, 0.15) is 23.8 Å². The Morgan fingerprint density at radius 2 is 1.93 bits per heavy atom. The number of nitro benzene ring substituents is 1. The molecule has 2 rings (SSSR count). The summed E-state index contributed by atoms with van der Waals surface area (Å²) in [6.45, 7) is 0.499. The van der Waals surface area contributed by atoms with Crippen LogP contribution in [0.5, 0.6) is 11.5 Å². The molecular weight excluding hydrogens is 352 g/mol. The highest BCUT2D eigenvalue weighted by Gasteiger charge is 2.12. The van der Waals surface area contributed by atoms with E-state index in [0.29, 0.717) is 35.7 Å². The highest BCUT2D eigenvalue weighted by Crippen LogP contribution is 2.25. The molecule has 8 heteroatoms. The lowest BCUT2D eigenvalue weighted by Crippen LogP contribution is -2.09. The van der Waals surface area contributed by atoms with Gasteiger partial charge in [-0.3, -0.25) is 14.9 Å². The minimum absolute atomic E-state index is 0.00481. The van der Waals surface area contributed by atoms with Crippen molar-refractivity contribution in [2.24, 2.45) is 0 Å². The van der Waals surface area contributed by atoms with Crippen LogP contribution in [0.15, 0.2) is 42.5 Å². The summed E-state index contributed by atoms with van der Waals surface area (Å²) in [7, 11) is 3.10. The number of benzene rings is 2. The standard InChI is InChI=1S/C19H22N2O6/c1-25-15-9-10-18(26-2)14(12-15)13-27-19(22)8-5-11-20-16-6-3-4-7-17(16)21(23)24/h3-4,6-7,9-10,12,20H,5,8,11,13H2,1-2H3. The Balaban J connectivity index is 1.78. The van der Waals surface area contributed by atoms with Crippen molar-refractivity contribution in [2.75, 3.05) is 26.1 Å². The highest BCUT2D eigenvalue weighted by atomic mass is 16.6. The fourth-order valence-electron chi connectivity index (χ4n) is 2.46. The van der Waals surface area contributed by atoms with Gasteiger partial charge in [-0.1, -0.05) is 12.1 Å².